The zero-order valence-corrected chi connectivity index (χ0v) is 55.9. The number of carboxylic acid groups (broad SMARTS) is 1. The number of aliphatic carboxylic acids is 1. The van der Waals surface area contributed by atoms with Gasteiger partial charge < -0.3 is 36.8 Å². The van der Waals surface area contributed by atoms with Gasteiger partial charge in [-0.15, -0.1) is 6.54 Å². The second-order valence-electron chi connectivity index (χ2n) is 21.6. The Hall–Kier alpha value is -2.03. The van der Waals surface area contributed by atoms with Crippen molar-refractivity contribution in [3.63, 3.8) is 0 Å². The summed E-state index contributed by atoms with van der Waals surface area (Å²) in [6.45, 7) is 24.6. The molecule has 1 fully saturated rings. The number of nitrogens with two attached hydrogens (primary N) is 1. The molecule has 0 saturated heterocycles. The minimum Gasteiger partial charge on any atom is -0.542 e. The number of Topliss-reactive ketones (excluding diaryl/α,β-unsaturated/α-hetero) is 2. The minimum absolute atomic E-state index is 0. The Labute approximate surface area is 499 Å². The van der Waals surface area contributed by atoms with E-state index >= 15 is 0 Å². The van der Waals surface area contributed by atoms with Crippen molar-refractivity contribution in [3.8, 4) is 0 Å². The number of ether oxygens (including phenoxy) is 3. The average molecular weight is 1320 g/mol. The smallest absolute Gasteiger partial charge is 0.542 e. The number of rotatable bonds is 49. The van der Waals surface area contributed by atoms with E-state index in [1.54, 1.807) is 0 Å². The fourth-order valence-electron chi connectivity index (χ4n) is 8.72. The number of carbonyl (C=O) groups excluding carboxylic acids is 5. The van der Waals surface area contributed by atoms with E-state index in [-0.39, 0.29) is 67.7 Å². The third-order valence-electron chi connectivity index (χ3n) is 13.8. The molecule has 0 radical (unpaired) electrons. The fourth-order valence-corrected chi connectivity index (χ4v) is 8.72. The van der Waals surface area contributed by atoms with Crippen LogP contribution in [0.15, 0.2) is 11.3 Å². The molecule has 0 amide bonds. The second-order valence-corrected chi connectivity index (χ2v) is 21.6. The van der Waals surface area contributed by atoms with E-state index in [2.05, 4.69) is 67.1 Å². The first kappa shape index (κ1) is 83.8. The Kier molecular flexibility index (Phi) is 74.3. The number of carboxylic acids is 1. The maximum Gasteiger partial charge on any atom is 2.00 e. The number of esters is 1. The van der Waals surface area contributed by atoms with Crippen LogP contribution in [0.5, 0.6) is 0 Å². The van der Waals surface area contributed by atoms with Crippen molar-refractivity contribution < 1.29 is 79.2 Å². The largest absolute Gasteiger partial charge is 2.00 e. The zero-order chi connectivity index (χ0) is 57.7. The van der Waals surface area contributed by atoms with Crippen molar-refractivity contribution in [2.75, 3.05) is 26.4 Å². The molecule has 0 aromatic carbocycles. The van der Waals surface area contributed by atoms with Gasteiger partial charge in [-0.3, -0.25) is 30.3 Å². The number of unbranched alkanes of at least 4 members (excludes halogenated alkanes) is 22. The number of hydrogen-bond acceptors (Lipinski definition) is 10. The summed E-state index contributed by atoms with van der Waals surface area (Å²) < 4.78 is 16.8. The Morgan fingerprint density at radius 1 is 0.571 bits per heavy atom. The van der Waals surface area contributed by atoms with Crippen LogP contribution in [-0.4, -0.2) is 67.7 Å². The van der Waals surface area contributed by atoms with Gasteiger partial charge in [0, 0.05) is 44.4 Å². The van der Waals surface area contributed by atoms with Gasteiger partial charge in [0.15, 0.2) is 0 Å². The van der Waals surface area contributed by atoms with Crippen LogP contribution in [0.25, 0.3) is 0 Å². The summed E-state index contributed by atoms with van der Waals surface area (Å²) in [4.78, 5) is 66.9. The van der Waals surface area contributed by atoms with Crippen molar-refractivity contribution in [2.24, 2.45) is 29.4 Å². The van der Waals surface area contributed by atoms with Gasteiger partial charge in [-0.05, 0) is 74.7 Å². The molecule has 0 aliphatic heterocycles. The molecule has 0 spiro atoms. The van der Waals surface area contributed by atoms with E-state index in [0.29, 0.717) is 75.8 Å². The maximum absolute atomic E-state index is 13.0. The zero-order valence-electron chi connectivity index (χ0n) is 51.7. The van der Waals surface area contributed by atoms with Crippen molar-refractivity contribution in [2.45, 2.75) is 313 Å². The summed E-state index contributed by atoms with van der Waals surface area (Å²) in [7, 11) is 0. The number of hydrogen-bond donors (Lipinski definition) is 2. The fraction of sp³-hybridized carbons (Fsp3) is 0.862. The van der Waals surface area contributed by atoms with Crippen molar-refractivity contribution in [1.82, 2.24) is 0 Å². The van der Waals surface area contributed by atoms with Crippen molar-refractivity contribution in [3.05, 3.63) is 18.3 Å². The van der Waals surface area contributed by atoms with Crippen LogP contribution in [0.4, 0.5) is 0 Å². The first-order chi connectivity index (χ1) is 36.7. The van der Waals surface area contributed by atoms with Crippen LogP contribution in [-0.2, 0) is 43.0 Å². The quantitative estimate of drug-likeness (QED) is 0.0195. The van der Waals surface area contributed by atoms with Crippen LogP contribution in [0.1, 0.15) is 313 Å². The SMILES string of the molecule is CCCCCCCCC.CCCCCCCCC(=O)CCC(COC=O)CC(=O)O.CCCCCCCCOC(CC(CCC(=O)CCCCCCCC)CC(=O)OCC(CCCC)C(C)C)=C1CC1.C[C-]=O.[CH2-]CN.[U+2]. The molecule has 1 saturated carbocycles. The predicted molar refractivity (Wildman–Crippen MR) is 319 cm³/mol. The Morgan fingerprint density at radius 3 is 1.34 bits per heavy atom. The molecule has 0 aromatic rings. The van der Waals surface area contributed by atoms with Crippen molar-refractivity contribution >= 4 is 36.3 Å². The first-order valence-corrected chi connectivity index (χ1v) is 31.3. The van der Waals surface area contributed by atoms with E-state index in [4.69, 9.17) is 25.1 Å². The first-order valence-electron chi connectivity index (χ1n) is 31.3. The molecule has 3 N–H and O–H groups in total. The molecule has 0 bridgehead atoms. The van der Waals surface area contributed by atoms with E-state index in [1.807, 2.05) is 0 Å². The normalized spacial score (nSPS) is 12.2. The van der Waals surface area contributed by atoms with Gasteiger partial charge in [-0.1, -0.05) is 209 Å². The maximum atomic E-state index is 13.0. The summed E-state index contributed by atoms with van der Waals surface area (Å²) in [5, 5.41) is 8.76. The summed E-state index contributed by atoms with van der Waals surface area (Å²) >= 11 is 0. The topological polar surface area (TPSA) is 176 Å². The predicted octanol–water partition coefficient (Wildman–Crippen LogP) is 17.9. The van der Waals surface area contributed by atoms with Crippen LogP contribution in [0.2, 0.25) is 0 Å². The molecule has 1 aliphatic rings. The summed E-state index contributed by atoms with van der Waals surface area (Å²) in [6, 6.07) is 0. The number of allylic oxidation sites excluding steroid dienone is 2. The molecule has 452 valence electrons. The van der Waals surface area contributed by atoms with Crippen LogP contribution < -0.4 is 5.73 Å². The molecule has 3 unspecified atom stereocenters. The van der Waals surface area contributed by atoms with Crippen LogP contribution in [0, 0.1) is 61.7 Å². The van der Waals surface area contributed by atoms with Gasteiger partial charge in [0.05, 0.1) is 32.0 Å². The Balaban J connectivity index is -0.000000386. The van der Waals surface area contributed by atoms with E-state index in [9.17, 15) is 24.0 Å². The molecule has 3 atom stereocenters. The third-order valence-corrected chi connectivity index (χ3v) is 13.8. The molecule has 0 heterocycles. The summed E-state index contributed by atoms with van der Waals surface area (Å²) in [5.74, 6) is 1.36. The van der Waals surface area contributed by atoms with Crippen molar-refractivity contribution in [1.29, 1.82) is 0 Å². The third kappa shape index (κ3) is 68.2. The Morgan fingerprint density at radius 2 is 0.961 bits per heavy atom. The van der Waals surface area contributed by atoms with Gasteiger partial charge >= 0.3 is 43.1 Å². The molecular formula is C65H123NO10U. The van der Waals surface area contributed by atoms with E-state index in [1.165, 1.54) is 160 Å². The average Bonchev–Trinajstić information content (AvgIpc) is 4.24. The molecule has 1 rings (SSSR count). The minimum atomic E-state index is -0.933. The van der Waals surface area contributed by atoms with Crippen LogP contribution >= 0.6 is 0 Å². The van der Waals surface area contributed by atoms with Crippen LogP contribution in [0.3, 0.4) is 0 Å². The monoisotopic (exact) mass is 1320 g/mol. The van der Waals surface area contributed by atoms with E-state index < -0.39 is 5.97 Å². The molecular weight excluding hydrogens is 1190 g/mol. The summed E-state index contributed by atoms with van der Waals surface area (Å²) in [5.41, 5.74) is 6.15. The molecule has 0 aromatic heterocycles. The number of ketones is 2. The van der Waals surface area contributed by atoms with Gasteiger partial charge in [-0.2, -0.15) is 6.92 Å². The van der Waals surface area contributed by atoms with Gasteiger partial charge in [0.2, 0.25) is 0 Å². The second kappa shape index (κ2) is 68.2. The van der Waals surface area contributed by atoms with Gasteiger partial charge in [-0.25, -0.2) is 0 Å². The molecule has 11 nitrogen and oxygen atoms in total. The van der Waals surface area contributed by atoms with E-state index in [0.717, 1.165) is 76.6 Å². The Bertz CT molecular complexity index is 1330. The standard InChI is InChI=1S/C36H66O4.C16H28O5.C9H20.C2H6N.C2H3O.U/c1-6-9-12-14-16-18-21-34(37)25-22-31(28-36(38)40-29-33(30(4)5)20-11-8-3)27-35(32-23-24-32)39-26-19-17-15-13-10-7-2;1-2-3-4-5-6-7-8-15(18)10-9-14(11-16(19)20)12-21-13-17;1-3-5-7-9-8-6-4-2;2*1-2-3;/h30-31,33H,6-29H2,1-5H3;13-14H,2-12H2,1H3,(H,19,20);3-9H2,1-2H3;1-3H2;1H3;/q;;;2*-1;+2. The number of carbonyl (C=O) groups is 5. The summed E-state index contributed by atoms with van der Waals surface area (Å²) in [6.07, 6.45) is 43.3. The molecule has 12 heteroatoms. The molecule has 77 heavy (non-hydrogen) atoms. The van der Waals surface area contributed by atoms with Gasteiger partial charge in [0.1, 0.15) is 11.6 Å². The molecule has 1 aliphatic carbocycles. The van der Waals surface area contributed by atoms with Gasteiger partial charge in [0.25, 0.3) is 6.47 Å².